The molecule has 2 fully saturated rings. The third-order valence-corrected chi connectivity index (χ3v) is 5.23. The first-order valence-corrected chi connectivity index (χ1v) is 9.92. The lowest BCUT2D eigenvalue weighted by Crippen LogP contribution is -2.49. The number of amides is 4. The van der Waals surface area contributed by atoms with Gasteiger partial charge in [0.1, 0.15) is 5.60 Å². The Morgan fingerprint density at radius 2 is 1.66 bits per heavy atom. The van der Waals surface area contributed by atoms with Crippen molar-refractivity contribution in [1.29, 1.82) is 0 Å². The molecule has 4 amide bonds. The molecule has 0 spiro atoms. The minimum Gasteiger partial charge on any atom is -0.452 e. The number of imide groups is 1. The van der Waals surface area contributed by atoms with E-state index in [1.165, 1.54) is 7.11 Å². The van der Waals surface area contributed by atoms with E-state index in [-0.39, 0.29) is 30.8 Å². The van der Waals surface area contributed by atoms with E-state index in [0.29, 0.717) is 25.9 Å². The van der Waals surface area contributed by atoms with E-state index in [2.05, 4.69) is 0 Å². The summed E-state index contributed by atoms with van der Waals surface area (Å²) in [5.41, 5.74) is 0.431. The molecule has 2 aliphatic rings. The maximum Gasteiger partial charge on any atom is 0.417 e. The average Bonchev–Trinajstić information content (AvgIpc) is 3.04. The molecule has 0 radical (unpaired) electrons. The van der Waals surface area contributed by atoms with Crippen molar-refractivity contribution in [1.82, 2.24) is 14.7 Å². The number of methoxy groups -OCH3 is 1. The topological polar surface area (TPSA) is 79.4 Å². The van der Waals surface area contributed by atoms with Crippen molar-refractivity contribution in [3.05, 3.63) is 35.9 Å². The number of urea groups is 1. The number of ether oxygens (including phenoxy) is 2. The zero-order valence-electron chi connectivity index (χ0n) is 17.5. The zero-order chi connectivity index (χ0) is 21.2. The van der Waals surface area contributed by atoms with Crippen LogP contribution in [0.4, 0.5) is 14.4 Å². The first kappa shape index (κ1) is 21.0. The lowest BCUT2D eigenvalue weighted by Gasteiger charge is -2.39. The highest BCUT2D eigenvalue weighted by molar-refractivity contribution is 5.93. The molecule has 1 aromatic carbocycles. The average molecular weight is 403 g/mol. The highest BCUT2D eigenvalue weighted by Crippen LogP contribution is 2.35. The lowest BCUT2D eigenvalue weighted by atomic mass is 9.99. The van der Waals surface area contributed by atoms with E-state index < -0.39 is 11.7 Å². The summed E-state index contributed by atoms with van der Waals surface area (Å²) in [5.74, 6) is 0. The van der Waals surface area contributed by atoms with Gasteiger partial charge in [-0.2, -0.15) is 0 Å². The first-order chi connectivity index (χ1) is 13.7. The van der Waals surface area contributed by atoms with Gasteiger partial charge >= 0.3 is 18.2 Å². The zero-order valence-corrected chi connectivity index (χ0v) is 17.5. The number of rotatable bonds is 2. The summed E-state index contributed by atoms with van der Waals surface area (Å²) in [7, 11) is 1.27. The van der Waals surface area contributed by atoms with Gasteiger partial charge in [0.15, 0.2) is 0 Å². The number of benzene rings is 1. The van der Waals surface area contributed by atoms with Gasteiger partial charge in [-0.15, -0.1) is 0 Å². The Labute approximate surface area is 171 Å². The van der Waals surface area contributed by atoms with Gasteiger partial charge in [0.2, 0.25) is 0 Å². The molecular weight excluding hydrogens is 374 g/mol. The van der Waals surface area contributed by atoms with Crippen molar-refractivity contribution >= 4 is 18.2 Å². The molecule has 0 aliphatic carbocycles. The van der Waals surface area contributed by atoms with Gasteiger partial charge in [-0.3, -0.25) is 0 Å². The smallest absolute Gasteiger partial charge is 0.417 e. The molecule has 1 atom stereocenters. The fraction of sp³-hybridized carbons (Fsp3) is 0.571. The van der Waals surface area contributed by atoms with Crippen LogP contribution in [0.1, 0.15) is 45.2 Å². The Bertz CT molecular complexity index is 753. The summed E-state index contributed by atoms with van der Waals surface area (Å²) in [6.45, 7) is 6.78. The third-order valence-electron chi connectivity index (χ3n) is 5.23. The van der Waals surface area contributed by atoms with E-state index in [0.717, 1.165) is 10.5 Å². The van der Waals surface area contributed by atoms with Crippen LogP contribution in [-0.4, -0.2) is 71.3 Å². The van der Waals surface area contributed by atoms with Gasteiger partial charge < -0.3 is 19.3 Å². The number of hydrogen-bond acceptors (Lipinski definition) is 5. The van der Waals surface area contributed by atoms with Crippen molar-refractivity contribution in [2.45, 2.75) is 51.3 Å². The quantitative estimate of drug-likeness (QED) is 0.753. The van der Waals surface area contributed by atoms with E-state index in [1.807, 2.05) is 51.1 Å². The normalized spacial score (nSPS) is 20.8. The van der Waals surface area contributed by atoms with Crippen LogP contribution in [0.25, 0.3) is 0 Å². The van der Waals surface area contributed by atoms with Crippen LogP contribution in [0.5, 0.6) is 0 Å². The van der Waals surface area contributed by atoms with E-state index in [4.69, 9.17) is 9.47 Å². The Hall–Kier alpha value is -2.77. The summed E-state index contributed by atoms with van der Waals surface area (Å²) in [4.78, 5) is 42.1. The van der Waals surface area contributed by atoms with Gasteiger partial charge in [0.25, 0.3) is 0 Å². The molecule has 0 saturated carbocycles. The first-order valence-electron chi connectivity index (χ1n) is 9.92. The molecule has 0 N–H and O–H groups in total. The Morgan fingerprint density at radius 1 is 1.03 bits per heavy atom. The molecule has 8 nitrogen and oxygen atoms in total. The highest BCUT2D eigenvalue weighted by Gasteiger charge is 2.46. The van der Waals surface area contributed by atoms with Crippen LogP contribution in [0.2, 0.25) is 0 Å². The fourth-order valence-electron chi connectivity index (χ4n) is 3.88. The summed E-state index contributed by atoms with van der Waals surface area (Å²) < 4.78 is 10.2. The Balaban J connectivity index is 1.74. The maximum absolute atomic E-state index is 13.0. The number of nitrogens with zero attached hydrogens (tertiary/aromatic N) is 3. The molecule has 158 valence electrons. The number of likely N-dealkylation sites (tertiary alicyclic amines) is 1. The third kappa shape index (κ3) is 4.63. The van der Waals surface area contributed by atoms with Gasteiger partial charge in [-0.1, -0.05) is 30.3 Å². The van der Waals surface area contributed by atoms with Crippen LogP contribution in [0, 0.1) is 0 Å². The molecule has 2 saturated heterocycles. The molecule has 1 aromatic rings. The summed E-state index contributed by atoms with van der Waals surface area (Å²) in [6, 6.07) is 9.03. The van der Waals surface area contributed by atoms with Crippen molar-refractivity contribution < 1.29 is 23.9 Å². The van der Waals surface area contributed by atoms with Crippen LogP contribution >= 0.6 is 0 Å². The second-order valence-electron chi connectivity index (χ2n) is 8.40. The number of carbonyl (C=O) groups is 3. The SMILES string of the molecule is COC(=O)N1CC(c2ccccc2)N(C2CCN(C(=O)OC(C)(C)C)CC2)C1=O. The molecule has 3 rings (SSSR count). The Kier molecular flexibility index (Phi) is 6.00. The van der Waals surface area contributed by atoms with Gasteiger partial charge in [-0.05, 0) is 39.2 Å². The standard InChI is InChI=1S/C21H29N3O5/c1-21(2,3)29-19(26)22-12-10-16(11-13-22)24-17(15-8-6-5-7-9-15)14-23(18(24)25)20(27)28-4/h5-9,16-17H,10-14H2,1-4H3. The molecule has 29 heavy (non-hydrogen) atoms. The number of carbonyl (C=O) groups excluding carboxylic acids is 3. The minimum absolute atomic E-state index is 0.0685. The van der Waals surface area contributed by atoms with Crippen molar-refractivity contribution in [3.8, 4) is 0 Å². The van der Waals surface area contributed by atoms with Crippen molar-refractivity contribution in [2.24, 2.45) is 0 Å². The minimum atomic E-state index is -0.648. The predicted octanol–water partition coefficient (Wildman–Crippen LogP) is 3.63. The van der Waals surface area contributed by atoms with E-state index in [1.54, 1.807) is 9.80 Å². The Morgan fingerprint density at radius 3 is 2.21 bits per heavy atom. The molecule has 1 unspecified atom stereocenters. The fourth-order valence-corrected chi connectivity index (χ4v) is 3.88. The molecule has 0 bridgehead atoms. The lowest BCUT2D eigenvalue weighted by molar-refractivity contribution is 0.0158. The van der Waals surface area contributed by atoms with Gasteiger partial charge in [0.05, 0.1) is 19.7 Å². The molecule has 2 heterocycles. The highest BCUT2D eigenvalue weighted by atomic mass is 16.6. The van der Waals surface area contributed by atoms with Crippen molar-refractivity contribution in [2.75, 3.05) is 26.7 Å². The van der Waals surface area contributed by atoms with Crippen LogP contribution in [-0.2, 0) is 9.47 Å². The summed E-state index contributed by atoms with van der Waals surface area (Å²) >= 11 is 0. The predicted molar refractivity (Wildman–Crippen MR) is 106 cm³/mol. The molecule has 2 aliphatic heterocycles. The number of hydrogen-bond donors (Lipinski definition) is 0. The van der Waals surface area contributed by atoms with Crippen LogP contribution < -0.4 is 0 Å². The van der Waals surface area contributed by atoms with Crippen LogP contribution in [0.3, 0.4) is 0 Å². The number of piperidine rings is 1. The second-order valence-corrected chi connectivity index (χ2v) is 8.40. The summed E-state index contributed by atoms with van der Waals surface area (Å²) in [5, 5.41) is 0. The second kappa shape index (κ2) is 8.31. The van der Waals surface area contributed by atoms with Crippen molar-refractivity contribution in [3.63, 3.8) is 0 Å². The van der Waals surface area contributed by atoms with E-state index in [9.17, 15) is 14.4 Å². The molecular formula is C21H29N3O5. The van der Waals surface area contributed by atoms with Gasteiger partial charge in [-0.25, -0.2) is 19.3 Å². The maximum atomic E-state index is 13.0. The summed E-state index contributed by atoms with van der Waals surface area (Å²) in [6.07, 6.45) is 0.274. The largest absolute Gasteiger partial charge is 0.452 e. The van der Waals surface area contributed by atoms with Gasteiger partial charge in [0, 0.05) is 19.1 Å². The van der Waals surface area contributed by atoms with E-state index >= 15 is 0 Å². The molecule has 0 aromatic heterocycles. The molecule has 8 heteroatoms. The monoisotopic (exact) mass is 403 g/mol. The van der Waals surface area contributed by atoms with Crippen LogP contribution in [0.15, 0.2) is 30.3 Å².